The lowest BCUT2D eigenvalue weighted by Gasteiger charge is -2.09. The number of anilines is 1. The Bertz CT molecular complexity index is 525. The molecule has 0 fully saturated rings. The number of hydrogen-bond acceptors (Lipinski definition) is 1. The van der Waals surface area contributed by atoms with E-state index in [0.717, 1.165) is 22.3 Å². The first-order valence-corrected chi connectivity index (χ1v) is 6.19. The summed E-state index contributed by atoms with van der Waals surface area (Å²) in [6.07, 6.45) is 0. The van der Waals surface area contributed by atoms with Gasteiger partial charge in [0.15, 0.2) is 0 Å². The highest BCUT2D eigenvalue weighted by molar-refractivity contribution is 9.10. The second-order valence-corrected chi connectivity index (χ2v) is 4.86. The van der Waals surface area contributed by atoms with Crippen LogP contribution in [0.4, 0.5) is 10.1 Å². The van der Waals surface area contributed by atoms with Crippen molar-refractivity contribution < 1.29 is 4.39 Å². The zero-order valence-corrected chi connectivity index (χ0v) is 11.1. The molecular weight excluding hydrogens is 281 g/mol. The van der Waals surface area contributed by atoms with Gasteiger partial charge in [-0.1, -0.05) is 28.1 Å². The second kappa shape index (κ2) is 5.32. The summed E-state index contributed by atoms with van der Waals surface area (Å²) in [5.74, 6) is -0.199. The first-order chi connectivity index (χ1) is 8.15. The van der Waals surface area contributed by atoms with Crippen LogP contribution in [0.2, 0.25) is 0 Å². The third kappa shape index (κ3) is 3.30. The second-order valence-electron chi connectivity index (χ2n) is 3.94. The molecular formula is C14H13BrFN. The van der Waals surface area contributed by atoms with Gasteiger partial charge in [0.1, 0.15) is 5.82 Å². The summed E-state index contributed by atoms with van der Waals surface area (Å²) < 4.78 is 14.0. The van der Waals surface area contributed by atoms with E-state index in [4.69, 9.17) is 0 Å². The molecule has 0 heterocycles. The van der Waals surface area contributed by atoms with Crippen molar-refractivity contribution in [2.45, 2.75) is 13.5 Å². The first kappa shape index (κ1) is 12.1. The van der Waals surface area contributed by atoms with Gasteiger partial charge in [-0.3, -0.25) is 0 Å². The van der Waals surface area contributed by atoms with Gasteiger partial charge >= 0.3 is 0 Å². The quantitative estimate of drug-likeness (QED) is 0.878. The monoisotopic (exact) mass is 293 g/mol. The van der Waals surface area contributed by atoms with Crippen LogP contribution in [0.3, 0.4) is 0 Å². The van der Waals surface area contributed by atoms with E-state index >= 15 is 0 Å². The van der Waals surface area contributed by atoms with Gasteiger partial charge in [0.2, 0.25) is 0 Å². The van der Waals surface area contributed by atoms with Crippen LogP contribution in [-0.4, -0.2) is 0 Å². The Balaban J connectivity index is 2.07. The zero-order valence-electron chi connectivity index (χ0n) is 9.50. The maximum Gasteiger partial charge on any atom is 0.123 e. The predicted octanol–water partition coefficient (Wildman–Crippen LogP) is 4.51. The molecule has 0 radical (unpaired) electrons. The fraction of sp³-hybridized carbons (Fsp3) is 0.143. The summed E-state index contributed by atoms with van der Waals surface area (Å²) in [7, 11) is 0. The average Bonchev–Trinajstić information content (AvgIpc) is 2.28. The van der Waals surface area contributed by atoms with E-state index < -0.39 is 0 Å². The Morgan fingerprint density at radius 3 is 2.71 bits per heavy atom. The SMILES string of the molecule is Cc1cc(F)ccc1NCc1cccc(Br)c1. The summed E-state index contributed by atoms with van der Waals surface area (Å²) in [6, 6.07) is 12.9. The van der Waals surface area contributed by atoms with Crippen LogP contribution in [0.15, 0.2) is 46.9 Å². The standard InChI is InChI=1S/C14H13BrFN/c1-10-7-13(16)5-6-14(10)17-9-11-3-2-4-12(15)8-11/h2-8,17H,9H2,1H3. The molecule has 0 aliphatic rings. The van der Waals surface area contributed by atoms with Crippen molar-refractivity contribution in [3.63, 3.8) is 0 Å². The van der Waals surface area contributed by atoms with Crippen LogP contribution >= 0.6 is 15.9 Å². The van der Waals surface area contributed by atoms with Crippen LogP contribution in [0.5, 0.6) is 0 Å². The fourth-order valence-corrected chi connectivity index (χ4v) is 2.12. The Hall–Kier alpha value is -1.35. The van der Waals surface area contributed by atoms with Crippen LogP contribution in [0.1, 0.15) is 11.1 Å². The van der Waals surface area contributed by atoms with Crippen molar-refractivity contribution in [2.24, 2.45) is 0 Å². The van der Waals surface area contributed by atoms with Gasteiger partial charge in [-0.25, -0.2) is 4.39 Å². The molecule has 1 N–H and O–H groups in total. The molecule has 0 aromatic heterocycles. The normalized spacial score (nSPS) is 10.3. The Kier molecular flexibility index (Phi) is 3.79. The lowest BCUT2D eigenvalue weighted by Crippen LogP contribution is -2.01. The van der Waals surface area contributed by atoms with Gasteiger partial charge in [0.25, 0.3) is 0 Å². The molecule has 0 aliphatic heterocycles. The van der Waals surface area contributed by atoms with Gasteiger partial charge in [-0.15, -0.1) is 0 Å². The van der Waals surface area contributed by atoms with E-state index in [1.807, 2.05) is 19.1 Å². The number of nitrogens with one attached hydrogen (secondary N) is 1. The third-order valence-electron chi connectivity index (χ3n) is 2.56. The summed E-state index contributed by atoms with van der Waals surface area (Å²) in [6.45, 7) is 2.62. The van der Waals surface area contributed by atoms with E-state index in [-0.39, 0.29) is 5.82 Å². The minimum atomic E-state index is -0.199. The molecule has 3 heteroatoms. The van der Waals surface area contributed by atoms with Crippen molar-refractivity contribution in [1.82, 2.24) is 0 Å². The molecule has 0 bridgehead atoms. The highest BCUT2D eigenvalue weighted by Crippen LogP contribution is 2.18. The van der Waals surface area contributed by atoms with Gasteiger partial charge in [-0.2, -0.15) is 0 Å². The molecule has 2 aromatic carbocycles. The van der Waals surface area contributed by atoms with Crippen molar-refractivity contribution in [3.8, 4) is 0 Å². The average molecular weight is 294 g/mol. The van der Waals surface area contributed by atoms with E-state index in [0.29, 0.717) is 0 Å². The Morgan fingerprint density at radius 2 is 2.00 bits per heavy atom. The molecule has 2 rings (SSSR count). The molecule has 1 nitrogen and oxygen atoms in total. The molecule has 0 saturated heterocycles. The van der Waals surface area contributed by atoms with Gasteiger partial charge < -0.3 is 5.32 Å². The topological polar surface area (TPSA) is 12.0 Å². The van der Waals surface area contributed by atoms with Crippen molar-refractivity contribution in [2.75, 3.05) is 5.32 Å². The summed E-state index contributed by atoms with van der Waals surface area (Å²) in [5, 5.41) is 3.30. The van der Waals surface area contributed by atoms with E-state index in [1.165, 1.54) is 17.7 Å². The highest BCUT2D eigenvalue weighted by atomic mass is 79.9. The zero-order chi connectivity index (χ0) is 12.3. The van der Waals surface area contributed by atoms with Gasteiger partial charge in [0, 0.05) is 16.7 Å². The molecule has 88 valence electrons. The fourth-order valence-electron chi connectivity index (χ4n) is 1.67. The Labute approximate surface area is 109 Å². The molecule has 0 amide bonds. The number of aryl methyl sites for hydroxylation is 1. The minimum absolute atomic E-state index is 0.199. The lowest BCUT2D eigenvalue weighted by molar-refractivity contribution is 0.627. The van der Waals surface area contributed by atoms with Crippen molar-refractivity contribution >= 4 is 21.6 Å². The van der Waals surface area contributed by atoms with Gasteiger partial charge in [-0.05, 0) is 48.4 Å². The molecule has 2 aromatic rings. The van der Waals surface area contributed by atoms with Crippen LogP contribution in [0.25, 0.3) is 0 Å². The summed E-state index contributed by atoms with van der Waals surface area (Å²) in [4.78, 5) is 0. The molecule has 17 heavy (non-hydrogen) atoms. The van der Waals surface area contributed by atoms with Crippen LogP contribution in [0, 0.1) is 12.7 Å². The number of halogens is 2. The van der Waals surface area contributed by atoms with Crippen molar-refractivity contribution in [1.29, 1.82) is 0 Å². The summed E-state index contributed by atoms with van der Waals surface area (Å²) in [5.41, 5.74) is 3.06. The summed E-state index contributed by atoms with van der Waals surface area (Å²) >= 11 is 3.44. The molecule has 0 atom stereocenters. The lowest BCUT2D eigenvalue weighted by atomic mass is 10.1. The Morgan fingerprint density at radius 1 is 1.18 bits per heavy atom. The molecule has 0 spiro atoms. The number of rotatable bonds is 3. The van der Waals surface area contributed by atoms with E-state index in [9.17, 15) is 4.39 Å². The number of hydrogen-bond donors (Lipinski definition) is 1. The predicted molar refractivity (Wildman–Crippen MR) is 72.6 cm³/mol. The molecule has 0 aliphatic carbocycles. The smallest absolute Gasteiger partial charge is 0.123 e. The maximum absolute atomic E-state index is 12.9. The molecule has 0 saturated carbocycles. The van der Waals surface area contributed by atoms with Crippen LogP contribution < -0.4 is 5.32 Å². The third-order valence-corrected chi connectivity index (χ3v) is 3.05. The first-order valence-electron chi connectivity index (χ1n) is 5.39. The van der Waals surface area contributed by atoms with Crippen molar-refractivity contribution in [3.05, 3.63) is 63.9 Å². The van der Waals surface area contributed by atoms with Gasteiger partial charge in [0.05, 0.1) is 0 Å². The van der Waals surface area contributed by atoms with E-state index in [1.54, 1.807) is 6.07 Å². The molecule has 0 unspecified atom stereocenters. The van der Waals surface area contributed by atoms with E-state index in [2.05, 4.69) is 33.4 Å². The number of benzene rings is 2. The highest BCUT2D eigenvalue weighted by Gasteiger charge is 2.00. The maximum atomic E-state index is 12.9. The largest absolute Gasteiger partial charge is 0.381 e. The minimum Gasteiger partial charge on any atom is -0.381 e. The van der Waals surface area contributed by atoms with Crippen LogP contribution in [-0.2, 0) is 6.54 Å².